The van der Waals surface area contributed by atoms with Crippen molar-refractivity contribution < 1.29 is 13.9 Å². The van der Waals surface area contributed by atoms with Crippen LogP contribution in [-0.2, 0) is 0 Å². The van der Waals surface area contributed by atoms with E-state index in [1.54, 1.807) is 17.0 Å². The molecule has 0 aliphatic carbocycles. The molecule has 23 heavy (non-hydrogen) atoms. The molecule has 3 aromatic rings. The SMILES string of the molecule is Cc1c(C(=O)N2CCOc3ccccc32)oc2ccc(Cl)cc12. The number of hydrogen-bond acceptors (Lipinski definition) is 3. The Morgan fingerprint density at radius 2 is 2.04 bits per heavy atom. The molecule has 0 bridgehead atoms. The molecule has 4 rings (SSSR count). The first kappa shape index (κ1) is 14.2. The number of carbonyl (C=O) groups is 1. The second-order valence-corrected chi connectivity index (χ2v) is 5.91. The standard InChI is InChI=1S/C18H14ClNO3/c1-11-13-10-12(19)6-7-15(13)23-17(11)18(21)20-8-9-22-16-5-3-2-4-14(16)20/h2-7,10H,8-9H2,1H3. The van der Waals surface area contributed by atoms with Gasteiger partial charge in [-0.05, 0) is 37.3 Å². The van der Waals surface area contributed by atoms with Crippen LogP contribution < -0.4 is 9.64 Å². The number of nitrogens with zero attached hydrogens (tertiary/aromatic N) is 1. The van der Waals surface area contributed by atoms with Crippen LogP contribution in [0.1, 0.15) is 16.1 Å². The summed E-state index contributed by atoms with van der Waals surface area (Å²) < 4.78 is 11.4. The summed E-state index contributed by atoms with van der Waals surface area (Å²) in [6.45, 7) is 2.84. The van der Waals surface area contributed by atoms with E-state index in [0.717, 1.165) is 16.6 Å². The van der Waals surface area contributed by atoms with Gasteiger partial charge in [-0.2, -0.15) is 0 Å². The molecule has 116 valence electrons. The first-order chi connectivity index (χ1) is 11.1. The Morgan fingerprint density at radius 1 is 1.22 bits per heavy atom. The van der Waals surface area contributed by atoms with Crippen LogP contribution in [0.5, 0.6) is 5.75 Å². The monoisotopic (exact) mass is 327 g/mol. The van der Waals surface area contributed by atoms with Gasteiger partial charge in [-0.1, -0.05) is 23.7 Å². The van der Waals surface area contributed by atoms with Crippen molar-refractivity contribution in [2.24, 2.45) is 0 Å². The van der Waals surface area contributed by atoms with Gasteiger partial charge in [0.15, 0.2) is 5.76 Å². The fourth-order valence-electron chi connectivity index (χ4n) is 2.90. The first-order valence-corrected chi connectivity index (χ1v) is 7.75. The largest absolute Gasteiger partial charge is 0.490 e. The van der Waals surface area contributed by atoms with Crippen LogP contribution >= 0.6 is 11.6 Å². The van der Waals surface area contributed by atoms with E-state index in [1.165, 1.54) is 0 Å². The number of aryl methyl sites for hydroxylation is 1. The van der Waals surface area contributed by atoms with Crippen molar-refractivity contribution >= 4 is 34.2 Å². The van der Waals surface area contributed by atoms with Crippen molar-refractivity contribution in [1.82, 2.24) is 0 Å². The maximum absolute atomic E-state index is 13.0. The van der Waals surface area contributed by atoms with E-state index in [9.17, 15) is 4.79 Å². The maximum Gasteiger partial charge on any atom is 0.294 e. The highest BCUT2D eigenvalue weighted by Crippen LogP contribution is 2.34. The van der Waals surface area contributed by atoms with Crippen molar-refractivity contribution in [2.45, 2.75) is 6.92 Å². The molecule has 2 heterocycles. The van der Waals surface area contributed by atoms with Gasteiger partial charge in [0.1, 0.15) is 17.9 Å². The smallest absolute Gasteiger partial charge is 0.294 e. The van der Waals surface area contributed by atoms with Gasteiger partial charge in [0.25, 0.3) is 5.91 Å². The van der Waals surface area contributed by atoms with E-state index in [-0.39, 0.29) is 5.91 Å². The third-order valence-corrected chi connectivity index (χ3v) is 4.30. The van der Waals surface area contributed by atoms with E-state index in [4.69, 9.17) is 20.8 Å². The minimum Gasteiger partial charge on any atom is -0.490 e. The molecule has 0 saturated heterocycles. The topological polar surface area (TPSA) is 42.7 Å². The van der Waals surface area contributed by atoms with Crippen molar-refractivity contribution in [2.75, 3.05) is 18.1 Å². The summed E-state index contributed by atoms with van der Waals surface area (Å²) in [5, 5.41) is 1.49. The molecule has 5 heteroatoms. The number of fused-ring (bicyclic) bond motifs is 2. The third kappa shape index (κ3) is 2.26. The van der Waals surface area contributed by atoms with Crippen LogP contribution in [0, 0.1) is 6.92 Å². The van der Waals surface area contributed by atoms with Crippen LogP contribution in [0.3, 0.4) is 0 Å². The Bertz CT molecular complexity index is 916. The Morgan fingerprint density at radius 3 is 2.91 bits per heavy atom. The minimum absolute atomic E-state index is 0.162. The third-order valence-electron chi connectivity index (χ3n) is 4.07. The molecule has 0 fully saturated rings. The second kappa shape index (κ2) is 5.32. The number of rotatable bonds is 1. The predicted molar refractivity (Wildman–Crippen MR) is 89.6 cm³/mol. The van der Waals surface area contributed by atoms with Gasteiger partial charge in [-0.25, -0.2) is 0 Å². The van der Waals surface area contributed by atoms with Crippen LogP contribution in [0.25, 0.3) is 11.0 Å². The van der Waals surface area contributed by atoms with E-state index < -0.39 is 0 Å². The number of amides is 1. The van der Waals surface area contributed by atoms with E-state index in [1.807, 2.05) is 37.3 Å². The first-order valence-electron chi connectivity index (χ1n) is 7.37. The fourth-order valence-corrected chi connectivity index (χ4v) is 3.07. The van der Waals surface area contributed by atoms with Crippen LogP contribution in [0.4, 0.5) is 5.69 Å². The van der Waals surface area contributed by atoms with E-state index in [0.29, 0.717) is 35.3 Å². The normalized spacial score (nSPS) is 13.7. The summed E-state index contributed by atoms with van der Waals surface area (Å²) in [6.07, 6.45) is 0. The number of carbonyl (C=O) groups excluding carboxylic acids is 1. The molecule has 0 atom stereocenters. The Balaban J connectivity index is 1.80. The van der Waals surface area contributed by atoms with Crippen LogP contribution in [0.15, 0.2) is 46.9 Å². The Labute approximate surface area is 138 Å². The van der Waals surface area contributed by atoms with Gasteiger partial charge in [-0.3, -0.25) is 9.69 Å². The molecule has 1 amide bonds. The zero-order valence-electron chi connectivity index (χ0n) is 12.5. The number of anilines is 1. The highest BCUT2D eigenvalue weighted by Gasteiger charge is 2.28. The summed E-state index contributed by atoms with van der Waals surface area (Å²) in [5.74, 6) is 0.897. The highest BCUT2D eigenvalue weighted by atomic mass is 35.5. The quantitative estimate of drug-likeness (QED) is 0.664. The number of halogens is 1. The van der Waals surface area contributed by atoms with Crippen molar-refractivity contribution in [3.63, 3.8) is 0 Å². The number of furan rings is 1. The fraction of sp³-hybridized carbons (Fsp3) is 0.167. The van der Waals surface area contributed by atoms with Crippen LogP contribution in [0.2, 0.25) is 5.02 Å². The van der Waals surface area contributed by atoms with Gasteiger partial charge in [0.05, 0.1) is 12.2 Å². The molecule has 0 spiro atoms. The zero-order valence-corrected chi connectivity index (χ0v) is 13.3. The Hall–Kier alpha value is -2.46. The number of benzene rings is 2. The summed E-state index contributed by atoms with van der Waals surface area (Å²) >= 11 is 6.04. The summed E-state index contributed by atoms with van der Waals surface area (Å²) in [5.41, 5.74) is 2.23. The highest BCUT2D eigenvalue weighted by molar-refractivity contribution is 6.31. The zero-order chi connectivity index (χ0) is 16.0. The number of hydrogen-bond donors (Lipinski definition) is 0. The number of ether oxygens (including phenoxy) is 1. The average molecular weight is 328 g/mol. The molecule has 0 unspecified atom stereocenters. The summed E-state index contributed by atoms with van der Waals surface area (Å²) in [4.78, 5) is 14.7. The van der Waals surface area contributed by atoms with E-state index in [2.05, 4.69) is 0 Å². The van der Waals surface area contributed by atoms with Gasteiger partial charge in [-0.15, -0.1) is 0 Å². The lowest BCUT2D eigenvalue weighted by molar-refractivity contribution is 0.0951. The number of para-hydroxylation sites is 2. The second-order valence-electron chi connectivity index (χ2n) is 5.47. The molecular formula is C18H14ClNO3. The molecule has 1 aliphatic rings. The van der Waals surface area contributed by atoms with E-state index >= 15 is 0 Å². The predicted octanol–water partition coefficient (Wildman–Crippen LogP) is 4.43. The lowest BCUT2D eigenvalue weighted by Crippen LogP contribution is -2.38. The molecule has 1 aromatic heterocycles. The summed E-state index contributed by atoms with van der Waals surface area (Å²) in [6, 6.07) is 12.9. The van der Waals surface area contributed by atoms with Crippen LogP contribution in [-0.4, -0.2) is 19.1 Å². The van der Waals surface area contributed by atoms with Crippen molar-refractivity contribution in [3.8, 4) is 5.75 Å². The molecule has 0 N–H and O–H groups in total. The molecule has 1 aliphatic heterocycles. The van der Waals surface area contributed by atoms with Crippen molar-refractivity contribution in [3.05, 3.63) is 58.8 Å². The van der Waals surface area contributed by atoms with Crippen molar-refractivity contribution in [1.29, 1.82) is 0 Å². The Kier molecular flexibility index (Phi) is 3.27. The minimum atomic E-state index is -0.162. The average Bonchev–Trinajstić information content (AvgIpc) is 2.90. The molecule has 0 radical (unpaired) electrons. The lowest BCUT2D eigenvalue weighted by Gasteiger charge is -2.28. The maximum atomic E-state index is 13.0. The molecule has 2 aromatic carbocycles. The molecule has 0 saturated carbocycles. The summed E-state index contributed by atoms with van der Waals surface area (Å²) in [7, 11) is 0. The van der Waals surface area contributed by atoms with Gasteiger partial charge < -0.3 is 9.15 Å². The van der Waals surface area contributed by atoms with Gasteiger partial charge in [0.2, 0.25) is 0 Å². The van der Waals surface area contributed by atoms with Gasteiger partial charge >= 0.3 is 0 Å². The van der Waals surface area contributed by atoms with Gasteiger partial charge in [0, 0.05) is 16.0 Å². The molecular weight excluding hydrogens is 314 g/mol. The lowest BCUT2D eigenvalue weighted by atomic mass is 10.1. The molecule has 4 nitrogen and oxygen atoms in total.